The summed E-state index contributed by atoms with van der Waals surface area (Å²) in [7, 11) is 0. The summed E-state index contributed by atoms with van der Waals surface area (Å²) in [5.41, 5.74) is 0.792. The minimum absolute atomic E-state index is 0.0394. The molecule has 19 heavy (non-hydrogen) atoms. The first kappa shape index (κ1) is 12.0. The Morgan fingerprint density at radius 1 is 1.58 bits per heavy atom. The molecule has 1 aromatic heterocycles. The summed E-state index contributed by atoms with van der Waals surface area (Å²) in [5, 5.41) is 9.22. The van der Waals surface area contributed by atoms with E-state index in [0.717, 1.165) is 24.3 Å². The molecule has 1 aromatic rings. The first-order valence-corrected chi connectivity index (χ1v) is 6.43. The number of urea groups is 1. The van der Waals surface area contributed by atoms with Gasteiger partial charge in [0, 0.05) is 19.2 Å². The quantitative estimate of drug-likeness (QED) is 0.805. The van der Waals surface area contributed by atoms with Crippen LogP contribution in [0.2, 0.25) is 0 Å². The standard InChI is InChI=1S/C12H16N4O3/c1-7-5-8(15-19-7)10-3-2-4-16(10)11(17)9-6-13-12(18)14-9/h5,9-10H,2-4,6H2,1H3,(H2,13,14,18). The van der Waals surface area contributed by atoms with Crippen LogP contribution < -0.4 is 10.6 Å². The number of carbonyl (C=O) groups excluding carboxylic acids is 2. The Kier molecular flexibility index (Phi) is 2.88. The number of hydrogen-bond donors (Lipinski definition) is 2. The van der Waals surface area contributed by atoms with Gasteiger partial charge >= 0.3 is 6.03 Å². The van der Waals surface area contributed by atoms with E-state index in [9.17, 15) is 9.59 Å². The van der Waals surface area contributed by atoms with Crippen molar-refractivity contribution in [3.05, 3.63) is 17.5 Å². The van der Waals surface area contributed by atoms with Gasteiger partial charge in [-0.3, -0.25) is 4.79 Å². The van der Waals surface area contributed by atoms with Gasteiger partial charge in [0.25, 0.3) is 0 Å². The van der Waals surface area contributed by atoms with Gasteiger partial charge in [-0.1, -0.05) is 5.16 Å². The van der Waals surface area contributed by atoms with Crippen LogP contribution in [0.1, 0.15) is 30.3 Å². The van der Waals surface area contributed by atoms with E-state index in [1.165, 1.54) is 0 Å². The zero-order valence-corrected chi connectivity index (χ0v) is 10.7. The van der Waals surface area contributed by atoms with Crippen LogP contribution in [0, 0.1) is 6.92 Å². The van der Waals surface area contributed by atoms with Crippen molar-refractivity contribution in [2.24, 2.45) is 0 Å². The molecule has 0 aromatic carbocycles. The predicted molar refractivity (Wildman–Crippen MR) is 65.3 cm³/mol. The van der Waals surface area contributed by atoms with Crippen molar-refractivity contribution in [3.63, 3.8) is 0 Å². The molecule has 2 N–H and O–H groups in total. The van der Waals surface area contributed by atoms with Crippen molar-refractivity contribution in [1.82, 2.24) is 20.7 Å². The van der Waals surface area contributed by atoms with Crippen molar-refractivity contribution in [1.29, 1.82) is 0 Å². The Morgan fingerprint density at radius 3 is 3.05 bits per heavy atom. The molecule has 0 bridgehead atoms. The second-order valence-electron chi connectivity index (χ2n) is 4.96. The highest BCUT2D eigenvalue weighted by atomic mass is 16.5. The Labute approximate surface area is 110 Å². The van der Waals surface area contributed by atoms with Crippen molar-refractivity contribution in [2.75, 3.05) is 13.1 Å². The fraction of sp³-hybridized carbons (Fsp3) is 0.583. The smallest absolute Gasteiger partial charge is 0.315 e. The Bertz CT molecular complexity index is 513. The number of hydrogen-bond acceptors (Lipinski definition) is 4. The lowest BCUT2D eigenvalue weighted by Gasteiger charge is -2.25. The highest BCUT2D eigenvalue weighted by molar-refractivity contribution is 5.90. The van der Waals surface area contributed by atoms with E-state index in [2.05, 4.69) is 15.8 Å². The highest BCUT2D eigenvalue weighted by Gasteiger charge is 2.37. The number of amides is 3. The van der Waals surface area contributed by atoms with E-state index in [1.54, 1.807) is 4.90 Å². The van der Waals surface area contributed by atoms with Crippen molar-refractivity contribution in [2.45, 2.75) is 31.8 Å². The molecule has 3 heterocycles. The van der Waals surface area contributed by atoms with Crippen molar-refractivity contribution >= 4 is 11.9 Å². The summed E-state index contributed by atoms with van der Waals surface area (Å²) < 4.78 is 5.08. The first-order valence-electron chi connectivity index (χ1n) is 6.43. The van der Waals surface area contributed by atoms with Gasteiger partial charge in [0.2, 0.25) is 5.91 Å². The zero-order valence-electron chi connectivity index (χ0n) is 10.7. The van der Waals surface area contributed by atoms with Crippen LogP contribution in [0.3, 0.4) is 0 Å². The fourth-order valence-corrected chi connectivity index (χ4v) is 2.68. The molecule has 0 aliphatic carbocycles. The van der Waals surface area contributed by atoms with E-state index in [0.29, 0.717) is 13.1 Å². The van der Waals surface area contributed by atoms with Crippen LogP contribution in [0.15, 0.2) is 10.6 Å². The Morgan fingerprint density at radius 2 is 2.42 bits per heavy atom. The normalized spacial score (nSPS) is 26.4. The minimum Gasteiger partial charge on any atom is -0.361 e. The van der Waals surface area contributed by atoms with Gasteiger partial charge in [-0.05, 0) is 19.8 Å². The molecule has 102 valence electrons. The number of aryl methyl sites for hydroxylation is 1. The average Bonchev–Trinajstić information content (AvgIpc) is 3.07. The predicted octanol–water partition coefficient (Wildman–Crippen LogP) is 0.328. The molecule has 3 rings (SSSR count). The van der Waals surface area contributed by atoms with Gasteiger partial charge in [-0.2, -0.15) is 0 Å². The van der Waals surface area contributed by atoms with E-state index >= 15 is 0 Å². The van der Waals surface area contributed by atoms with Gasteiger partial charge < -0.3 is 20.1 Å². The van der Waals surface area contributed by atoms with Gasteiger partial charge in [-0.25, -0.2) is 4.79 Å². The molecule has 7 heteroatoms. The molecule has 2 atom stereocenters. The summed E-state index contributed by atoms with van der Waals surface area (Å²) >= 11 is 0. The molecular formula is C12H16N4O3. The summed E-state index contributed by atoms with van der Waals surface area (Å²) in [4.78, 5) is 25.3. The second kappa shape index (κ2) is 4.56. The highest BCUT2D eigenvalue weighted by Crippen LogP contribution is 2.32. The third-order valence-electron chi connectivity index (χ3n) is 3.59. The number of likely N-dealkylation sites (tertiary alicyclic amines) is 1. The molecule has 7 nitrogen and oxygen atoms in total. The van der Waals surface area contributed by atoms with E-state index in [1.807, 2.05) is 13.0 Å². The number of rotatable bonds is 2. The maximum atomic E-state index is 12.4. The van der Waals surface area contributed by atoms with Crippen molar-refractivity contribution < 1.29 is 14.1 Å². The van der Waals surface area contributed by atoms with Gasteiger partial charge in [0.15, 0.2) is 0 Å². The third kappa shape index (κ3) is 2.16. The minimum atomic E-state index is -0.471. The topological polar surface area (TPSA) is 87.5 Å². The average molecular weight is 264 g/mol. The van der Waals surface area contributed by atoms with Crippen LogP contribution >= 0.6 is 0 Å². The molecule has 2 aliphatic heterocycles. The third-order valence-corrected chi connectivity index (χ3v) is 3.59. The summed E-state index contributed by atoms with van der Waals surface area (Å²) in [6, 6.07) is 1.07. The Balaban J connectivity index is 1.76. The van der Waals surface area contributed by atoms with Gasteiger partial charge in [-0.15, -0.1) is 0 Å². The Hall–Kier alpha value is -2.05. The van der Waals surface area contributed by atoms with Gasteiger partial charge in [0.05, 0.1) is 6.04 Å². The number of aromatic nitrogens is 1. The molecule has 2 unspecified atom stereocenters. The largest absolute Gasteiger partial charge is 0.361 e. The number of nitrogens with one attached hydrogen (secondary N) is 2. The molecule has 0 radical (unpaired) electrons. The summed E-state index contributed by atoms with van der Waals surface area (Å²) in [6.45, 7) is 2.87. The molecule has 2 saturated heterocycles. The first-order chi connectivity index (χ1) is 9.15. The van der Waals surface area contributed by atoms with Gasteiger partial charge in [0.1, 0.15) is 17.5 Å². The zero-order chi connectivity index (χ0) is 13.4. The SMILES string of the molecule is Cc1cc(C2CCCN2C(=O)C2CNC(=O)N2)no1. The monoisotopic (exact) mass is 264 g/mol. The second-order valence-corrected chi connectivity index (χ2v) is 4.96. The lowest BCUT2D eigenvalue weighted by molar-refractivity contribution is -0.133. The molecule has 2 aliphatic rings. The van der Waals surface area contributed by atoms with Crippen LogP contribution in [-0.2, 0) is 4.79 Å². The summed E-state index contributed by atoms with van der Waals surface area (Å²) in [6.07, 6.45) is 1.82. The number of nitrogens with zero attached hydrogens (tertiary/aromatic N) is 2. The van der Waals surface area contributed by atoms with E-state index < -0.39 is 6.04 Å². The fourth-order valence-electron chi connectivity index (χ4n) is 2.68. The van der Waals surface area contributed by atoms with Crippen LogP contribution in [0.25, 0.3) is 0 Å². The summed E-state index contributed by atoms with van der Waals surface area (Å²) in [5.74, 6) is 0.687. The maximum Gasteiger partial charge on any atom is 0.315 e. The lowest BCUT2D eigenvalue weighted by Crippen LogP contribution is -2.45. The maximum absolute atomic E-state index is 12.4. The van der Waals surface area contributed by atoms with Crippen LogP contribution in [0.4, 0.5) is 4.79 Å². The number of carbonyl (C=O) groups is 2. The molecule has 2 fully saturated rings. The molecular weight excluding hydrogens is 248 g/mol. The molecule has 0 spiro atoms. The van der Waals surface area contributed by atoms with E-state index in [-0.39, 0.29) is 18.0 Å². The lowest BCUT2D eigenvalue weighted by atomic mass is 10.1. The van der Waals surface area contributed by atoms with Crippen molar-refractivity contribution in [3.8, 4) is 0 Å². The van der Waals surface area contributed by atoms with Crippen LogP contribution in [-0.4, -0.2) is 41.1 Å². The van der Waals surface area contributed by atoms with Crippen LogP contribution in [0.5, 0.6) is 0 Å². The van der Waals surface area contributed by atoms with E-state index in [4.69, 9.17) is 4.52 Å². The molecule has 0 saturated carbocycles. The molecule has 3 amide bonds.